The van der Waals surface area contributed by atoms with Crippen molar-refractivity contribution in [2.45, 2.75) is 13.5 Å². The summed E-state index contributed by atoms with van der Waals surface area (Å²) in [5.41, 5.74) is 1.24. The fourth-order valence-electron chi connectivity index (χ4n) is 1.87. The summed E-state index contributed by atoms with van der Waals surface area (Å²) in [7, 11) is 0. The number of aliphatic hydroxyl groups excluding tert-OH is 1. The predicted molar refractivity (Wildman–Crippen MR) is 81.4 cm³/mol. The molecule has 0 fully saturated rings. The molecular weight excluding hydrogens is 254 g/mol. The number of hydrogen-bond donors (Lipinski definition) is 1. The summed E-state index contributed by atoms with van der Waals surface area (Å²) in [6, 6.07) is 14.5. The van der Waals surface area contributed by atoms with Gasteiger partial charge in [0.05, 0.1) is 11.4 Å². The van der Waals surface area contributed by atoms with E-state index in [2.05, 4.69) is 54.0 Å². The molecule has 1 aromatic heterocycles. The summed E-state index contributed by atoms with van der Waals surface area (Å²) in [6.07, 6.45) is 0. The largest absolute Gasteiger partial charge is 0.384 e. The zero-order valence-electron chi connectivity index (χ0n) is 11.0. The first-order valence-corrected chi connectivity index (χ1v) is 7.13. The summed E-state index contributed by atoms with van der Waals surface area (Å²) < 4.78 is 0. The van der Waals surface area contributed by atoms with Crippen molar-refractivity contribution in [1.29, 1.82) is 0 Å². The van der Waals surface area contributed by atoms with Crippen LogP contribution in [0, 0.1) is 11.8 Å². The van der Waals surface area contributed by atoms with Gasteiger partial charge in [-0.3, -0.25) is 0 Å². The monoisotopic (exact) mass is 271 g/mol. The van der Waals surface area contributed by atoms with E-state index in [9.17, 15) is 0 Å². The van der Waals surface area contributed by atoms with Crippen molar-refractivity contribution in [3.63, 3.8) is 0 Å². The van der Waals surface area contributed by atoms with E-state index >= 15 is 0 Å². The number of hydrogen-bond acceptors (Lipinski definition) is 3. The van der Waals surface area contributed by atoms with Gasteiger partial charge in [0.2, 0.25) is 0 Å². The van der Waals surface area contributed by atoms with Crippen LogP contribution in [0.2, 0.25) is 0 Å². The number of rotatable bonds is 4. The molecule has 0 saturated heterocycles. The van der Waals surface area contributed by atoms with E-state index in [0.717, 1.165) is 18.0 Å². The molecule has 2 aromatic rings. The maximum absolute atomic E-state index is 8.69. The number of nitrogens with zero attached hydrogens (tertiary/aromatic N) is 1. The lowest BCUT2D eigenvalue weighted by atomic mass is 10.3. The topological polar surface area (TPSA) is 23.5 Å². The van der Waals surface area contributed by atoms with Crippen LogP contribution in [0.4, 0.5) is 5.69 Å². The van der Waals surface area contributed by atoms with Crippen molar-refractivity contribution >= 4 is 17.0 Å². The molecule has 0 aliphatic carbocycles. The molecule has 3 heteroatoms. The van der Waals surface area contributed by atoms with Gasteiger partial charge in [-0.2, -0.15) is 0 Å². The molecule has 1 aromatic carbocycles. The fraction of sp³-hybridized carbons (Fsp3) is 0.250. The van der Waals surface area contributed by atoms with Crippen LogP contribution >= 0.6 is 11.3 Å². The third-order valence-electron chi connectivity index (χ3n) is 2.80. The van der Waals surface area contributed by atoms with Gasteiger partial charge in [-0.05, 0) is 31.2 Å². The highest BCUT2D eigenvalue weighted by atomic mass is 32.1. The van der Waals surface area contributed by atoms with Gasteiger partial charge < -0.3 is 10.0 Å². The number of thiophene rings is 1. The number of anilines is 1. The standard InChI is InChI=1S/C16H17NOS/c1-2-17(14-7-4-3-5-8-14)13-16-11-10-15(19-16)9-6-12-18/h3-5,7-8,10-11,18H,2,12-13H2,1H3. The van der Waals surface area contributed by atoms with E-state index < -0.39 is 0 Å². The van der Waals surface area contributed by atoms with Gasteiger partial charge in [0, 0.05) is 17.1 Å². The third-order valence-corrected chi connectivity index (χ3v) is 3.79. The van der Waals surface area contributed by atoms with Crippen LogP contribution in [-0.4, -0.2) is 18.3 Å². The minimum absolute atomic E-state index is 0.0850. The molecule has 98 valence electrons. The Bertz CT molecular complexity index is 565. The average molecular weight is 271 g/mol. The minimum Gasteiger partial charge on any atom is -0.384 e. The van der Waals surface area contributed by atoms with Crippen LogP contribution in [0.1, 0.15) is 16.7 Å². The first-order chi connectivity index (χ1) is 9.33. The molecule has 1 N–H and O–H groups in total. The van der Waals surface area contributed by atoms with E-state index in [1.54, 1.807) is 11.3 Å². The molecule has 0 spiro atoms. The Hall–Kier alpha value is -1.76. The molecular formula is C16H17NOS. The van der Waals surface area contributed by atoms with Gasteiger partial charge >= 0.3 is 0 Å². The third kappa shape index (κ3) is 3.85. The Morgan fingerprint density at radius 2 is 1.95 bits per heavy atom. The van der Waals surface area contributed by atoms with E-state index in [-0.39, 0.29) is 6.61 Å². The van der Waals surface area contributed by atoms with E-state index in [4.69, 9.17) is 5.11 Å². The van der Waals surface area contributed by atoms with Crippen molar-refractivity contribution in [2.75, 3.05) is 18.1 Å². The highest BCUT2D eigenvalue weighted by Crippen LogP contribution is 2.21. The lowest BCUT2D eigenvalue weighted by Gasteiger charge is -2.22. The molecule has 0 bridgehead atoms. The van der Waals surface area contributed by atoms with Gasteiger partial charge in [-0.25, -0.2) is 0 Å². The Kier molecular flexibility index (Phi) is 5.02. The van der Waals surface area contributed by atoms with Gasteiger partial charge in [-0.1, -0.05) is 30.0 Å². The zero-order chi connectivity index (χ0) is 13.5. The summed E-state index contributed by atoms with van der Waals surface area (Å²) >= 11 is 1.68. The van der Waals surface area contributed by atoms with Crippen LogP contribution in [0.25, 0.3) is 0 Å². The molecule has 0 unspecified atom stereocenters. The normalized spacial score (nSPS) is 9.79. The maximum Gasteiger partial charge on any atom is 0.104 e. The first-order valence-electron chi connectivity index (χ1n) is 6.32. The summed E-state index contributed by atoms with van der Waals surface area (Å²) in [5, 5.41) is 8.69. The van der Waals surface area contributed by atoms with E-state index in [1.165, 1.54) is 10.6 Å². The van der Waals surface area contributed by atoms with Crippen LogP contribution in [0.15, 0.2) is 42.5 Å². The number of para-hydroxylation sites is 1. The summed E-state index contributed by atoms with van der Waals surface area (Å²) in [5.74, 6) is 5.62. The second kappa shape index (κ2) is 6.98. The SMILES string of the molecule is CCN(Cc1ccc(C#CCO)s1)c1ccccc1. The Labute approximate surface area is 118 Å². The molecule has 1 heterocycles. The predicted octanol–water partition coefficient (Wildman–Crippen LogP) is 3.12. The van der Waals surface area contributed by atoms with Crippen molar-refractivity contribution in [2.24, 2.45) is 0 Å². The lowest BCUT2D eigenvalue weighted by Crippen LogP contribution is -2.21. The molecule has 0 atom stereocenters. The highest BCUT2D eigenvalue weighted by Gasteiger charge is 2.06. The van der Waals surface area contributed by atoms with Crippen molar-refractivity contribution in [3.8, 4) is 11.8 Å². The quantitative estimate of drug-likeness (QED) is 0.864. The maximum atomic E-state index is 8.69. The highest BCUT2D eigenvalue weighted by molar-refractivity contribution is 7.12. The van der Waals surface area contributed by atoms with Crippen molar-refractivity contribution < 1.29 is 5.11 Å². The molecule has 2 rings (SSSR count). The fourth-order valence-corrected chi connectivity index (χ4v) is 2.77. The van der Waals surface area contributed by atoms with Gasteiger partial charge in [-0.15, -0.1) is 11.3 Å². The van der Waals surface area contributed by atoms with Crippen molar-refractivity contribution in [1.82, 2.24) is 0 Å². The minimum atomic E-state index is -0.0850. The molecule has 0 aliphatic heterocycles. The molecule has 0 amide bonds. The molecule has 0 saturated carbocycles. The molecule has 0 aliphatic rings. The summed E-state index contributed by atoms with van der Waals surface area (Å²) in [4.78, 5) is 4.62. The first kappa shape index (κ1) is 13.7. The molecule has 19 heavy (non-hydrogen) atoms. The second-order valence-corrected chi connectivity index (χ2v) is 5.24. The van der Waals surface area contributed by atoms with Crippen molar-refractivity contribution in [3.05, 3.63) is 52.2 Å². The Morgan fingerprint density at radius 1 is 1.16 bits per heavy atom. The second-order valence-electron chi connectivity index (χ2n) is 4.08. The molecule has 0 radical (unpaired) electrons. The van der Waals surface area contributed by atoms with Gasteiger partial charge in [0.25, 0.3) is 0 Å². The van der Waals surface area contributed by atoms with Crippen LogP contribution < -0.4 is 4.90 Å². The average Bonchev–Trinajstić information content (AvgIpc) is 2.91. The van der Waals surface area contributed by atoms with E-state index in [0.29, 0.717) is 0 Å². The van der Waals surface area contributed by atoms with Gasteiger partial charge in [0.15, 0.2) is 0 Å². The Balaban J connectivity index is 2.09. The van der Waals surface area contributed by atoms with Gasteiger partial charge in [0.1, 0.15) is 6.61 Å². The van der Waals surface area contributed by atoms with Crippen LogP contribution in [0.5, 0.6) is 0 Å². The summed E-state index contributed by atoms with van der Waals surface area (Å²) in [6.45, 7) is 3.94. The lowest BCUT2D eigenvalue weighted by molar-refractivity contribution is 0.350. The number of aliphatic hydroxyl groups is 1. The molecule has 2 nitrogen and oxygen atoms in total. The van der Waals surface area contributed by atoms with Crippen LogP contribution in [0.3, 0.4) is 0 Å². The smallest absolute Gasteiger partial charge is 0.104 e. The van der Waals surface area contributed by atoms with E-state index in [1.807, 2.05) is 12.1 Å². The number of benzene rings is 1. The van der Waals surface area contributed by atoms with Crippen LogP contribution in [-0.2, 0) is 6.54 Å². The Morgan fingerprint density at radius 3 is 2.63 bits per heavy atom. The zero-order valence-corrected chi connectivity index (χ0v) is 11.8.